The van der Waals surface area contributed by atoms with Crippen LogP contribution in [0.15, 0.2) is 30.3 Å². The summed E-state index contributed by atoms with van der Waals surface area (Å²) in [6.07, 6.45) is 17.7. The number of aliphatic hydroxyl groups is 1. The topological polar surface area (TPSA) is 57.5 Å². The highest BCUT2D eigenvalue weighted by molar-refractivity contribution is 5.74. The van der Waals surface area contributed by atoms with E-state index in [1.807, 2.05) is 0 Å². The Balaban J connectivity index is 1.80. The highest BCUT2D eigenvalue weighted by atomic mass is 16.4. The van der Waals surface area contributed by atoms with Gasteiger partial charge in [0.15, 0.2) is 0 Å². The average molecular weight is 405 g/mol. The molecular formula is C26H44O3. The summed E-state index contributed by atoms with van der Waals surface area (Å²) in [4.78, 5) is 11.1. The van der Waals surface area contributed by atoms with E-state index in [2.05, 4.69) is 30.3 Å². The van der Waals surface area contributed by atoms with Gasteiger partial charge >= 0.3 is 5.97 Å². The number of aliphatic hydroxyl groups excluding tert-OH is 1. The van der Waals surface area contributed by atoms with Crippen LogP contribution in [0.25, 0.3) is 0 Å². The van der Waals surface area contributed by atoms with Crippen molar-refractivity contribution in [3.63, 3.8) is 0 Å². The molecule has 3 heteroatoms. The second-order valence-corrected chi connectivity index (χ2v) is 9.16. The predicted molar refractivity (Wildman–Crippen MR) is 122 cm³/mol. The second-order valence-electron chi connectivity index (χ2n) is 9.16. The number of carbonyl (C=O) groups is 1. The van der Waals surface area contributed by atoms with Crippen molar-refractivity contribution in [1.82, 2.24) is 0 Å². The van der Waals surface area contributed by atoms with E-state index in [0.717, 1.165) is 12.8 Å². The molecule has 0 aliphatic rings. The Morgan fingerprint density at radius 2 is 1.17 bits per heavy atom. The average Bonchev–Trinajstić information content (AvgIpc) is 2.71. The maximum absolute atomic E-state index is 11.1. The van der Waals surface area contributed by atoms with Gasteiger partial charge in [0.25, 0.3) is 0 Å². The van der Waals surface area contributed by atoms with Gasteiger partial charge in [0.2, 0.25) is 0 Å². The molecule has 0 bridgehead atoms. The van der Waals surface area contributed by atoms with E-state index in [0.29, 0.717) is 6.42 Å². The van der Waals surface area contributed by atoms with Gasteiger partial charge in [-0.25, -0.2) is 0 Å². The molecule has 166 valence electrons. The molecule has 0 aromatic heterocycles. The molecule has 2 N–H and O–H groups in total. The molecule has 1 unspecified atom stereocenters. The molecule has 0 spiro atoms. The zero-order chi connectivity index (χ0) is 21.4. The third-order valence-electron chi connectivity index (χ3n) is 6.17. The summed E-state index contributed by atoms with van der Waals surface area (Å²) in [6, 6.07) is 10.8. The van der Waals surface area contributed by atoms with Crippen molar-refractivity contribution in [1.29, 1.82) is 0 Å². The van der Waals surface area contributed by atoms with Crippen LogP contribution in [-0.4, -0.2) is 22.3 Å². The largest absolute Gasteiger partial charge is 0.481 e. The molecule has 1 atom stereocenters. The Morgan fingerprint density at radius 3 is 1.62 bits per heavy atom. The summed E-state index contributed by atoms with van der Waals surface area (Å²) in [7, 11) is 0. The lowest BCUT2D eigenvalue weighted by molar-refractivity contribution is -0.153. The Bertz CT molecular complexity index is 524. The van der Waals surface area contributed by atoms with Crippen molar-refractivity contribution in [2.24, 2.45) is 5.41 Å². The molecule has 0 fully saturated rings. The van der Waals surface area contributed by atoms with Crippen molar-refractivity contribution in [3.8, 4) is 0 Å². The van der Waals surface area contributed by atoms with E-state index in [1.165, 1.54) is 82.6 Å². The van der Waals surface area contributed by atoms with Crippen molar-refractivity contribution in [2.75, 3.05) is 0 Å². The second kappa shape index (κ2) is 15.5. The van der Waals surface area contributed by atoms with Crippen LogP contribution in [0.3, 0.4) is 0 Å². The van der Waals surface area contributed by atoms with Gasteiger partial charge in [0.1, 0.15) is 0 Å². The maximum Gasteiger partial charge on any atom is 0.311 e. The van der Waals surface area contributed by atoms with Crippen LogP contribution in [0, 0.1) is 5.41 Å². The Morgan fingerprint density at radius 1 is 0.759 bits per heavy atom. The number of rotatable bonds is 18. The smallest absolute Gasteiger partial charge is 0.311 e. The summed E-state index contributed by atoms with van der Waals surface area (Å²) < 4.78 is 0. The number of benzene rings is 1. The Hall–Kier alpha value is -1.35. The van der Waals surface area contributed by atoms with Crippen LogP contribution >= 0.6 is 0 Å². The van der Waals surface area contributed by atoms with Gasteiger partial charge in [-0.2, -0.15) is 0 Å². The minimum absolute atomic E-state index is 0.588. The lowest BCUT2D eigenvalue weighted by atomic mass is 9.84. The zero-order valence-corrected chi connectivity index (χ0v) is 18.9. The van der Waals surface area contributed by atoms with Crippen molar-refractivity contribution in [3.05, 3.63) is 35.9 Å². The lowest BCUT2D eigenvalue weighted by Gasteiger charge is -2.25. The Labute approximate surface area is 178 Å². The number of carboxylic acid groups (broad SMARTS) is 1. The van der Waals surface area contributed by atoms with Gasteiger partial charge in [0, 0.05) is 0 Å². The third-order valence-corrected chi connectivity index (χ3v) is 6.17. The number of hydrogen-bond acceptors (Lipinski definition) is 2. The van der Waals surface area contributed by atoms with E-state index in [-0.39, 0.29) is 0 Å². The highest BCUT2D eigenvalue weighted by Crippen LogP contribution is 2.25. The Kier molecular flexibility index (Phi) is 13.7. The minimum atomic E-state index is -1.04. The number of aliphatic carboxylic acids is 1. The first-order valence-corrected chi connectivity index (χ1v) is 11.9. The van der Waals surface area contributed by atoms with E-state index in [9.17, 15) is 9.90 Å². The zero-order valence-electron chi connectivity index (χ0n) is 18.9. The van der Waals surface area contributed by atoms with Crippen molar-refractivity contribution < 1.29 is 15.0 Å². The predicted octanol–water partition coefficient (Wildman–Crippen LogP) is 7.16. The molecule has 29 heavy (non-hydrogen) atoms. The molecule has 0 saturated heterocycles. The van der Waals surface area contributed by atoms with Gasteiger partial charge in [-0.1, -0.05) is 107 Å². The lowest BCUT2D eigenvalue weighted by Crippen LogP contribution is -2.36. The van der Waals surface area contributed by atoms with E-state index in [4.69, 9.17) is 5.11 Å². The van der Waals surface area contributed by atoms with E-state index in [1.54, 1.807) is 13.8 Å². The normalized spacial score (nSPS) is 12.8. The van der Waals surface area contributed by atoms with Gasteiger partial charge in [-0.15, -0.1) is 0 Å². The summed E-state index contributed by atoms with van der Waals surface area (Å²) >= 11 is 0. The summed E-state index contributed by atoms with van der Waals surface area (Å²) in [5.74, 6) is -0.919. The number of unbranched alkanes of at least 4 members (excludes halogenated alkanes) is 12. The van der Waals surface area contributed by atoms with Crippen LogP contribution in [0.1, 0.15) is 109 Å². The van der Waals surface area contributed by atoms with Crippen molar-refractivity contribution >= 4 is 5.97 Å². The first kappa shape index (κ1) is 25.7. The molecule has 1 rings (SSSR count). The van der Waals surface area contributed by atoms with Gasteiger partial charge < -0.3 is 10.2 Å². The van der Waals surface area contributed by atoms with Crippen LogP contribution < -0.4 is 0 Å². The molecule has 0 radical (unpaired) electrons. The third kappa shape index (κ3) is 12.1. The quantitative estimate of drug-likeness (QED) is 0.255. The molecule has 1 aromatic carbocycles. The molecule has 3 nitrogen and oxygen atoms in total. The van der Waals surface area contributed by atoms with Gasteiger partial charge in [-0.3, -0.25) is 4.79 Å². The van der Waals surface area contributed by atoms with Gasteiger partial charge in [-0.05, 0) is 38.7 Å². The standard InChI is InChI=1S/C26H44O3/c1-26(2,25(28)29)24(27)22-18-13-11-9-7-5-3-4-6-8-10-12-15-19-23-20-16-14-17-21-23/h14,16-17,20-21,24,27H,3-13,15,18-19,22H2,1-2H3,(H,28,29). The summed E-state index contributed by atoms with van der Waals surface area (Å²) in [5, 5.41) is 19.1. The molecule has 0 amide bonds. The molecule has 0 aliphatic heterocycles. The number of carboxylic acids is 1. The van der Waals surface area contributed by atoms with E-state index >= 15 is 0 Å². The maximum atomic E-state index is 11.1. The fourth-order valence-electron chi connectivity index (χ4n) is 3.76. The first-order chi connectivity index (χ1) is 13.9. The number of aryl methyl sites for hydroxylation is 1. The van der Waals surface area contributed by atoms with Crippen LogP contribution in [0.2, 0.25) is 0 Å². The molecule has 0 saturated carbocycles. The summed E-state index contributed by atoms with van der Waals surface area (Å²) in [5.41, 5.74) is 0.426. The fourth-order valence-corrected chi connectivity index (χ4v) is 3.76. The fraction of sp³-hybridized carbons (Fsp3) is 0.731. The van der Waals surface area contributed by atoms with Crippen LogP contribution in [-0.2, 0) is 11.2 Å². The molecule has 0 heterocycles. The SMILES string of the molecule is CC(C)(C(=O)O)C(O)CCCCCCCCCCCCCCCc1ccccc1. The van der Waals surface area contributed by atoms with Crippen molar-refractivity contribution in [2.45, 2.75) is 116 Å². The molecule has 1 aromatic rings. The molecular weight excluding hydrogens is 360 g/mol. The summed E-state index contributed by atoms with van der Waals surface area (Å²) in [6.45, 7) is 3.20. The van der Waals surface area contributed by atoms with Crippen LogP contribution in [0.4, 0.5) is 0 Å². The van der Waals surface area contributed by atoms with Crippen LogP contribution in [0.5, 0.6) is 0 Å². The molecule has 0 aliphatic carbocycles. The monoisotopic (exact) mass is 404 g/mol. The first-order valence-electron chi connectivity index (χ1n) is 11.9. The van der Waals surface area contributed by atoms with Gasteiger partial charge in [0.05, 0.1) is 11.5 Å². The number of hydrogen-bond donors (Lipinski definition) is 2. The minimum Gasteiger partial charge on any atom is -0.481 e. The highest BCUT2D eigenvalue weighted by Gasteiger charge is 2.34. The van der Waals surface area contributed by atoms with E-state index < -0.39 is 17.5 Å².